The predicted molar refractivity (Wildman–Crippen MR) is 131 cm³/mol. The molecule has 0 aromatic heterocycles. The fraction of sp³-hybridized carbons (Fsp3) is 0.619. The van der Waals surface area contributed by atoms with Crippen LogP contribution in [0.2, 0.25) is 0 Å². The van der Waals surface area contributed by atoms with E-state index in [1.54, 1.807) is 32.9 Å². The smallest absolute Gasteiger partial charge is 0.408 e. The Morgan fingerprint density at radius 2 is 1.78 bits per heavy atom. The van der Waals surface area contributed by atoms with Crippen LogP contribution < -0.4 is 25.4 Å². The highest BCUT2D eigenvalue weighted by molar-refractivity contribution is 14.0. The second kappa shape index (κ2) is 13.5. The van der Waals surface area contributed by atoms with Crippen LogP contribution in [0.25, 0.3) is 0 Å². The van der Waals surface area contributed by atoms with E-state index in [-0.39, 0.29) is 42.0 Å². The molecule has 184 valence electrons. The third-order valence-electron chi connectivity index (χ3n) is 3.75. The number of alkyl halides is 2. The van der Waals surface area contributed by atoms with Gasteiger partial charge in [-0.05, 0) is 59.2 Å². The number of amides is 1. The van der Waals surface area contributed by atoms with E-state index in [1.807, 2.05) is 20.8 Å². The molecule has 1 amide bonds. The minimum atomic E-state index is -2.95. The summed E-state index contributed by atoms with van der Waals surface area (Å²) in [6.07, 6.45) is -0.508. The number of guanidine groups is 1. The van der Waals surface area contributed by atoms with Gasteiger partial charge in [0.05, 0.1) is 19.2 Å². The number of carbonyl (C=O) groups is 1. The van der Waals surface area contributed by atoms with Gasteiger partial charge >= 0.3 is 12.7 Å². The molecule has 0 saturated heterocycles. The summed E-state index contributed by atoms with van der Waals surface area (Å²) in [6.45, 7) is 9.28. The zero-order valence-corrected chi connectivity index (χ0v) is 22.0. The van der Waals surface area contributed by atoms with Gasteiger partial charge < -0.3 is 30.2 Å². The van der Waals surface area contributed by atoms with E-state index in [9.17, 15) is 13.6 Å². The fourth-order valence-electron chi connectivity index (χ4n) is 2.45. The Morgan fingerprint density at radius 3 is 2.31 bits per heavy atom. The summed E-state index contributed by atoms with van der Waals surface area (Å²) in [4.78, 5) is 16.5. The zero-order valence-electron chi connectivity index (χ0n) is 19.7. The Bertz CT molecular complexity index is 756. The molecule has 0 atom stereocenters. The van der Waals surface area contributed by atoms with Crippen molar-refractivity contribution in [2.45, 2.75) is 65.8 Å². The van der Waals surface area contributed by atoms with Crippen molar-refractivity contribution in [2.24, 2.45) is 4.99 Å². The highest BCUT2D eigenvalue weighted by atomic mass is 127. The molecule has 1 rings (SSSR count). The van der Waals surface area contributed by atoms with Crippen molar-refractivity contribution in [3.05, 3.63) is 23.8 Å². The maximum atomic E-state index is 12.6. The molecule has 0 aliphatic carbocycles. The van der Waals surface area contributed by atoms with Gasteiger partial charge in [-0.15, -0.1) is 24.0 Å². The molecular weight excluding hydrogens is 537 g/mol. The molecule has 11 heteroatoms. The number of benzene rings is 1. The second-order valence-electron chi connectivity index (χ2n) is 8.42. The number of hydrogen-bond donors (Lipinski definition) is 3. The fourth-order valence-corrected chi connectivity index (χ4v) is 2.45. The average molecular weight is 572 g/mol. The van der Waals surface area contributed by atoms with Gasteiger partial charge in [0.1, 0.15) is 5.60 Å². The zero-order chi connectivity index (χ0) is 23.7. The largest absolute Gasteiger partial charge is 0.493 e. The molecule has 0 spiro atoms. The normalized spacial score (nSPS) is 12.0. The Labute approximate surface area is 205 Å². The summed E-state index contributed by atoms with van der Waals surface area (Å²) in [7, 11) is 1.38. The lowest BCUT2D eigenvalue weighted by Gasteiger charge is -2.29. The molecular formula is C21H35F2IN4O4. The first-order valence-electron chi connectivity index (χ1n) is 10.0. The SMILES string of the molecule is CCNC(=NCc1ccc(OC)c(OC(F)F)c1)NCC(C)(C)NC(=O)OC(C)(C)C.I. The van der Waals surface area contributed by atoms with Gasteiger partial charge in [0.2, 0.25) is 0 Å². The van der Waals surface area contributed by atoms with Crippen molar-refractivity contribution in [3.8, 4) is 11.5 Å². The van der Waals surface area contributed by atoms with Crippen molar-refractivity contribution in [1.82, 2.24) is 16.0 Å². The Balaban J connectivity index is 0.00000961. The van der Waals surface area contributed by atoms with E-state index >= 15 is 0 Å². The molecule has 0 aliphatic rings. The van der Waals surface area contributed by atoms with E-state index < -0.39 is 23.8 Å². The summed E-state index contributed by atoms with van der Waals surface area (Å²) in [6, 6.07) is 4.74. The monoisotopic (exact) mass is 572 g/mol. The highest BCUT2D eigenvalue weighted by Gasteiger charge is 2.24. The van der Waals surface area contributed by atoms with E-state index in [2.05, 4.69) is 25.7 Å². The van der Waals surface area contributed by atoms with Gasteiger partial charge in [0.25, 0.3) is 0 Å². The first-order chi connectivity index (χ1) is 14.3. The van der Waals surface area contributed by atoms with Crippen LogP contribution in [-0.4, -0.2) is 50.0 Å². The molecule has 8 nitrogen and oxygen atoms in total. The van der Waals surface area contributed by atoms with Crippen molar-refractivity contribution < 1.29 is 27.8 Å². The number of nitrogens with zero attached hydrogens (tertiary/aromatic N) is 1. The Hall–Kier alpha value is -2.05. The minimum absolute atomic E-state index is 0. The number of aliphatic imine (C=N–C) groups is 1. The third-order valence-corrected chi connectivity index (χ3v) is 3.75. The lowest BCUT2D eigenvalue weighted by molar-refractivity contribution is -0.0512. The van der Waals surface area contributed by atoms with Gasteiger partial charge in [0.15, 0.2) is 17.5 Å². The number of halogens is 3. The van der Waals surface area contributed by atoms with E-state index in [1.165, 1.54) is 13.2 Å². The molecule has 0 saturated carbocycles. The summed E-state index contributed by atoms with van der Waals surface area (Å²) in [5.41, 5.74) is -0.536. The molecule has 0 heterocycles. The van der Waals surface area contributed by atoms with Crippen molar-refractivity contribution in [1.29, 1.82) is 0 Å². The first-order valence-corrected chi connectivity index (χ1v) is 10.0. The second-order valence-corrected chi connectivity index (χ2v) is 8.42. The lowest BCUT2D eigenvalue weighted by atomic mass is 10.1. The Morgan fingerprint density at radius 1 is 1.12 bits per heavy atom. The maximum Gasteiger partial charge on any atom is 0.408 e. The van der Waals surface area contributed by atoms with Crippen LogP contribution in [0.15, 0.2) is 23.2 Å². The number of ether oxygens (including phenoxy) is 3. The topological polar surface area (TPSA) is 93.2 Å². The molecule has 0 fully saturated rings. The molecule has 0 aliphatic heterocycles. The Kier molecular flexibility index (Phi) is 12.6. The molecule has 0 unspecified atom stereocenters. The number of alkyl carbamates (subject to hydrolysis) is 1. The van der Waals surface area contributed by atoms with E-state index in [4.69, 9.17) is 9.47 Å². The number of nitrogens with one attached hydrogen (secondary N) is 3. The average Bonchev–Trinajstić information content (AvgIpc) is 2.61. The number of methoxy groups -OCH3 is 1. The van der Waals surface area contributed by atoms with Crippen LogP contribution in [0.3, 0.4) is 0 Å². The van der Waals surface area contributed by atoms with Crippen LogP contribution in [0, 0.1) is 0 Å². The summed E-state index contributed by atoms with van der Waals surface area (Å²) < 4.78 is 40.1. The van der Waals surface area contributed by atoms with Gasteiger partial charge in [0, 0.05) is 13.1 Å². The first kappa shape index (κ1) is 29.9. The highest BCUT2D eigenvalue weighted by Crippen LogP contribution is 2.29. The van der Waals surface area contributed by atoms with Crippen LogP contribution >= 0.6 is 24.0 Å². The quantitative estimate of drug-likeness (QED) is 0.233. The van der Waals surface area contributed by atoms with Crippen LogP contribution in [0.1, 0.15) is 47.1 Å². The maximum absolute atomic E-state index is 12.6. The van der Waals surface area contributed by atoms with Crippen LogP contribution in [0.5, 0.6) is 11.5 Å². The van der Waals surface area contributed by atoms with Crippen molar-refractivity contribution >= 4 is 36.0 Å². The number of rotatable bonds is 9. The molecule has 32 heavy (non-hydrogen) atoms. The number of carbonyl (C=O) groups excluding carboxylic acids is 1. The van der Waals surface area contributed by atoms with Crippen LogP contribution in [0.4, 0.5) is 13.6 Å². The van der Waals surface area contributed by atoms with Gasteiger partial charge in [-0.25, -0.2) is 9.79 Å². The minimum Gasteiger partial charge on any atom is -0.493 e. The van der Waals surface area contributed by atoms with Crippen molar-refractivity contribution in [2.75, 3.05) is 20.2 Å². The summed E-state index contributed by atoms with van der Waals surface area (Å²) in [5.74, 6) is 0.674. The van der Waals surface area contributed by atoms with Gasteiger partial charge in [-0.2, -0.15) is 8.78 Å². The molecule has 0 bridgehead atoms. The predicted octanol–water partition coefficient (Wildman–Crippen LogP) is 4.27. The van der Waals surface area contributed by atoms with E-state index in [0.717, 1.165) is 0 Å². The molecule has 0 radical (unpaired) electrons. The van der Waals surface area contributed by atoms with E-state index in [0.29, 0.717) is 24.6 Å². The number of hydrogen-bond acceptors (Lipinski definition) is 5. The standard InChI is InChI=1S/C21H34F2N4O4.HI/c1-8-24-18(26-13-21(5,6)27-19(28)31-20(2,3)4)25-12-14-9-10-15(29-7)16(11-14)30-17(22)23;/h9-11,17H,8,12-13H2,1-7H3,(H,27,28)(H2,24,25,26);1H. The third kappa shape index (κ3) is 12.1. The molecule has 1 aromatic rings. The van der Waals surface area contributed by atoms with Crippen molar-refractivity contribution in [3.63, 3.8) is 0 Å². The molecule has 3 N–H and O–H groups in total. The van der Waals surface area contributed by atoms with Crippen LogP contribution in [-0.2, 0) is 11.3 Å². The van der Waals surface area contributed by atoms with Gasteiger partial charge in [-0.1, -0.05) is 6.07 Å². The lowest BCUT2D eigenvalue weighted by Crippen LogP contribution is -2.54. The summed E-state index contributed by atoms with van der Waals surface area (Å²) >= 11 is 0. The van der Waals surface area contributed by atoms with Gasteiger partial charge in [-0.3, -0.25) is 0 Å². The summed E-state index contributed by atoms with van der Waals surface area (Å²) in [5, 5.41) is 9.08. The molecule has 1 aromatic carbocycles.